The van der Waals surface area contributed by atoms with Crippen LogP contribution in [0.1, 0.15) is 33.3 Å². The molecule has 0 spiro atoms. The summed E-state index contributed by atoms with van der Waals surface area (Å²) in [6.45, 7) is 12.7. The van der Waals surface area contributed by atoms with E-state index in [0.29, 0.717) is 0 Å². The van der Waals surface area contributed by atoms with Crippen LogP contribution in [0.5, 0.6) is 0 Å². The molecule has 0 saturated carbocycles. The third kappa shape index (κ3) is 2.85. The van der Waals surface area contributed by atoms with E-state index in [-0.39, 0.29) is 5.41 Å². The van der Waals surface area contributed by atoms with E-state index in [4.69, 9.17) is 0 Å². The molecule has 0 saturated heterocycles. The van der Waals surface area contributed by atoms with Crippen LogP contribution in [0.3, 0.4) is 0 Å². The number of benzene rings is 1. The topological polar surface area (TPSA) is 3.24 Å². The van der Waals surface area contributed by atoms with E-state index >= 15 is 0 Å². The second-order valence-corrected chi connectivity index (χ2v) is 5.09. The highest BCUT2D eigenvalue weighted by molar-refractivity contribution is 5.53. The van der Waals surface area contributed by atoms with E-state index in [1.165, 1.54) is 11.3 Å². The van der Waals surface area contributed by atoms with Gasteiger partial charge >= 0.3 is 0 Å². The lowest BCUT2D eigenvalue weighted by Gasteiger charge is -2.24. The summed E-state index contributed by atoms with van der Waals surface area (Å²) in [5.41, 5.74) is 3.82. The molecule has 0 aliphatic rings. The minimum absolute atomic E-state index is 0.200. The van der Waals surface area contributed by atoms with Gasteiger partial charge in [0.15, 0.2) is 0 Å². The summed E-state index contributed by atoms with van der Waals surface area (Å²) in [5, 5.41) is 0. The average Bonchev–Trinajstić information content (AvgIpc) is 2.15. The fourth-order valence-corrected chi connectivity index (χ4v) is 1.40. The van der Waals surface area contributed by atoms with Gasteiger partial charge in [-0.05, 0) is 30.0 Å². The Kier molecular flexibility index (Phi) is 3.23. The monoisotopic (exact) mass is 203 g/mol. The largest absolute Gasteiger partial charge is 0.349 e. The summed E-state index contributed by atoms with van der Waals surface area (Å²) in [4.78, 5) is 2.11. The fraction of sp³-hybridized carbons (Fsp3) is 0.429. The third-order valence-corrected chi connectivity index (χ3v) is 2.67. The van der Waals surface area contributed by atoms with Crippen LogP contribution < -0.4 is 4.90 Å². The third-order valence-electron chi connectivity index (χ3n) is 2.67. The molecule has 0 aromatic heterocycles. The number of anilines is 1. The van der Waals surface area contributed by atoms with Crippen molar-refractivity contribution in [2.75, 3.05) is 11.9 Å². The Bertz CT molecular complexity index is 358. The van der Waals surface area contributed by atoms with Gasteiger partial charge in [0.1, 0.15) is 0 Å². The van der Waals surface area contributed by atoms with Gasteiger partial charge in [0.2, 0.25) is 0 Å². The molecule has 0 aliphatic carbocycles. The zero-order valence-corrected chi connectivity index (χ0v) is 10.5. The molecule has 0 fully saturated rings. The standard InChI is InChI=1S/C14H21N/c1-11(2)15(6)13-9-7-8-12(10-13)14(3,4)5/h7-10H,1H2,2-6H3. The first kappa shape index (κ1) is 11.8. The molecule has 0 amide bonds. The zero-order chi connectivity index (χ0) is 11.6. The van der Waals surface area contributed by atoms with Crippen LogP contribution in [0, 0.1) is 0 Å². The van der Waals surface area contributed by atoms with Crippen LogP contribution >= 0.6 is 0 Å². The molecule has 0 aliphatic heterocycles. The molecule has 0 heterocycles. The van der Waals surface area contributed by atoms with E-state index in [1.54, 1.807) is 0 Å². The number of rotatable bonds is 2. The maximum Gasteiger partial charge on any atom is 0.0408 e. The van der Waals surface area contributed by atoms with Crippen LogP contribution in [0.4, 0.5) is 5.69 Å². The summed E-state index contributed by atoms with van der Waals surface area (Å²) in [6, 6.07) is 8.63. The quantitative estimate of drug-likeness (QED) is 0.703. The summed E-state index contributed by atoms with van der Waals surface area (Å²) >= 11 is 0. The molecule has 1 aromatic rings. The van der Waals surface area contributed by atoms with Gasteiger partial charge in [-0.3, -0.25) is 0 Å². The molecule has 15 heavy (non-hydrogen) atoms. The second kappa shape index (κ2) is 4.09. The predicted octanol–water partition coefficient (Wildman–Crippen LogP) is 3.95. The summed E-state index contributed by atoms with van der Waals surface area (Å²) < 4.78 is 0. The van der Waals surface area contributed by atoms with Crippen molar-refractivity contribution in [3.8, 4) is 0 Å². The van der Waals surface area contributed by atoms with Crippen molar-refractivity contribution in [3.05, 3.63) is 42.1 Å². The number of allylic oxidation sites excluding steroid dienone is 1. The molecule has 1 nitrogen and oxygen atoms in total. The Hall–Kier alpha value is -1.24. The van der Waals surface area contributed by atoms with E-state index < -0.39 is 0 Å². The Balaban J connectivity index is 3.08. The van der Waals surface area contributed by atoms with E-state index in [0.717, 1.165) is 5.70 Å². The summed E-state index contributed by atoms with van der Waals surface area (Å²) in [6.07, 6.45) is 0. The maximum atomic E-state index is 3.95. The van der Waals surface area contributed by atoms with E-state index in [2.05, 4.69) is 56.5 Å². The van der Waals surface area contributed by atoms with Gasteiger partial charge in [-0.2, -0.15) is 0 Å². The lowest BCUT2D eigenvalue weighted by Crippen LogP contribution is -2.16. The van der Waals surface area contributed by atoms with Crippen molar-refractivity contribution in [2.45, 2.75) is 33.1 Å². The minimum atomic E-state index is 0.200. The Morgan fingerprint density at radius 2 is 1.87 bits per heavy atom. The minimum Gasteiger partial charge on any atom is -0.349 e. The molecular formula is C14H21N. The van der Waals surface area contributed by atoms with Crippen LogP contribution in [0.25, 0.3) is 0 Å². The lowest BCUT2D eigenvalue weighted by molar-refractivity contribution is 0.590. The fourth-order valence-electron chi connectivity index (χ4n) is 1.40. The van der Waals surface area contributed by atoms with Gasteiger partial charge in [0.25, 0.3) is 0 Å². The smallest absolute Gasteiger partial charge is 0.0408 e. The summed E-state index contributed by atoms with van der Waals surface area (Å²) in [5.74, 6) is 0. The van der Waals surface area contributed by atoms with Crippen molar-refractivity contribution in [2.24, 2.45) is 0 Å². The van der Waals surface area contributed by atoms with Gasteiger partial charge in [-0.25, -0.2) is 0 Å². The van der Waals surface area contributed by atoms with Crippen LogP contribution in [-0.2, 0) is 5.41 Å². The van der Waals surface area contributed by atoms with Crippen molar-refractivity contribution < 1.29 is 0 Å². The first-order valence-electron chi connectivity index (χ1n) is 5.32. The number of hydrogen-bond donors (Lipinski definition) is 0. The molecule has 0 N–H and O–H groups in total. The zero-order valence-electron chi connectivity index (χ0n) is 10.5. The van der Waals surface area contributed by atoms with Crippen LogP contribution in [-0.4, -0.2) is 7.05 Å². The second-order valence-electron chi connectivity index (χ2n) is 5.09. The molecule has 0 atom stereocenters. The molecule has 0 radical (unpaired) electrons. The maximum absolute atomic E-state index is 3.95. The Morgan fingerprint density at radius 3 is 2.33 bits per heavy atom. The van der Waals surface area contributed by atoms with Crippen molar-refractivity contribution in [3.63, 3.8) is 0 Å². The van der Waals surface area contributed by atoms with Gasteiger partial charge in [-0.15, -0.1) is 0 Å². The van der Waals surface area contributed by atoms with Crippen molar-refractivity contribution >= 4 is 5.69 Å². The van der Waals surface area contributed by atoms with Crippen LogP contribution in [0.2, 0.25) is 0 Å². The van der Waals surface area contributed by atoms with Gasteiger partial charge < -0.3 is 4.90 Å². The van der Waals surface area contributed by atoms with Gasteiger partial charge in [0, 0.05) is 18.4 Å². The van der Waals surface area contributed by atoms with Gasteiger partial charge in [0.05, 0.1) is 0 Å². The SMILES string of the molecule is C=C(C)N(C)c1cccc(C(C)(C)C)c1. The van der Waals surface area contributed by atoms with E-state index in [1.807, 2.05) is 14.0 Å². The lowest BCUT2D eigenvalue weighted by atomic mass is 9.87. The Labute approximate surface area is 93.4 Å². The molecule has 82 valence electrons. The van der Waals surface area contributed by atoms with Crippen LogP contribution in [0.15, 0.2) is 36.5 Å². The van der Waals surface area contributed by atoms with Crippen molar-refractivity contribution in [1.82, 2.24) is 0 Å². The first-order valence-corrected chi connectivity index (χ1v) is 5.32. The normalized spacial score (nSPS) is 11.3. The molecule has 0 unspecified atom stereocenters. The number of nitrogens with zero attached hydrogens (tertiary/aromatic N) is 1. The van der Waals surface area contributed by atoms with Crippen molar-refractivity contribution in [1.29, 1.82) is 0 Å². The van der Waals surface area contributed by atoms with Gasteiger partial charge in [-0.1, -0.05) is 39.5 Å². The number of hydrogen-bond acceptors (Lipinski definition) is 1. The average molecular weight is 203 g/mol. The Morgan fingerprint density at radius 1 is 1.27 bits per heavy atom. The molecule has 1 rings (SSSR count). The molecule has 1 heteroatoms. The first-order chi connectivity index (χ1) is 6.82. The van der Waals surface area contributed by atoms with E-state index in [9.17, 15) is 0 Å². The predicted molar refractivity (Wildman–Crippen MR) is 68.4 cm³/mol. The molecular weight excluding hydrogens is 182 g/mol. The highest BCUT2D eigenvalue weighted by Crippen LogP contribution is 2.26. The molecule has 1 aromatic carbocycles. The molecule has 0 bridgehead atoms. The summed E-state index contributed by atoms with van der Waals surface area (Å²) in [7, 11) is 2.05. The highest BCUT2D eigenvalue weighted by Gasteiger charge is 2.14. The highest BCUT2D eigenvalue weighted by atomic mass is 15.1.